The summed E-state index contributed by atoms with van der Waals surface area (Å²) in [4.78, 5) is 4.28. The highest BCUT2D eigenvalue weighted by Gasteiger charge is 1.96. The molecule has 1 aromatic carbocycles. The number of hydrogen-bond acceptors (Lipinski definition) is 3. The van der Waals surface area contributed by atoms with E-state index in [-0.39, 0.29) is 24.0 Å². The number of methoxy groups -OCH3 is 1. The summed E-state index contributed by atoms with van der Waals surface area (Å²) in [6.07, 6.45) is 0. The van der Waals surface area contributed by atoms with Crippen LogP contribution < -0.4 is 16.4 Å². The third kappa shape index (κ3) is 8.21. The van der Waals surface area contributed by atoms with Gasteiger partial charge < -0.3 is 21.1 Å². The van der Waals surface area contributed by atoms with Gasteiger partial charge in [0.2, 0.25) is 0 Å². The Bertz CT molecular complexity index is 393. The van der Waals surface area contributed by atoms with E-state index in [0.29, 0.717) is 25.2 Å². The summed E-state index contributed by atoms with van der Waals surface area (Å²) in [5, 5.41) is 6.33. The van der Waals surface area contributed by atoms with Crippen LogP contribution >= 0.6 is 24.0 Å². The number of anilines is 1. The molecule has 0 fully saturated rings. The molecule has 0 amide bonds. The van der Waals surface area contributed by atoms with Gasteiger partial charge in [0.25, 0.3) is 0 Å². The fourth-order valence-electron chi connectivity index (χ4n) is 1.54. The second-order valence-electron chi connectivity index (χ2n) is 4.62. The molecule has 114 valence electrons. The van der Waals surface area contributed by atoms with Gasteiger partial charge in [0.15, 0.2) is 5.96 Å². The number of nitrogens with one attached hydrogen (secondary N) is 2. The van der Waals surface area contributed by atoms with Crippen LogP contribution in [0.15, 0.2) is 29.3 Å². The van der Waals surface area contributed by atoms with Crippen molar-refractivity contribution < 1.29 is 4.74 Å². The SMILES string of the molecule is COCCNc1ccc(CN=C(N)NC(C)C)cc1.I. The van der Waals surface area contributed by atoms with E-state index >= 15 is 0 Å². The molecule has 6 heteroatoms. The molecule has 0 spiro atoms. The van der Waals surface area contributed by atoms with Crippen molar-refractivity contribution >= 4 is 35.6 Å². The first-order chi connectivity index (χ1) is 9.11. The number of nitrogens with zero attached hydrogens (tertiary/aromatic N) is 1. The maximum atomic E-state index is 5.75. The molecule has 0 aromatic heterocycles. The lowest BCUT2D eigenvalue weighted by Crippen LogP contribution is -2.36. The van der Waals surface area contributed by atoms with Crippen LogP contribution in [0.5, 0.6) is 0 Å². The van der Waals surface area contributed by atoms with Crippen molar-refractivity contribution in [3.8, 4) is 0 Å². The van der Waals surface area contributed by atoms with Gasteiger partial charge in [0.1, 0.15) is 0 Å². The molecule has 0 aliphatic rings. The Labute approximate surface area is 138 Å². The zero-order chi connectivity index (χ0) is 14.1. The second-order valence-corrected chi connectivity index (χ2v) is 4.62. The average molecular weight is 392 g/mol. The zero-order valence-corrected chi connectivity index (χ0v) is 14.7. The molecule has 0 aliphatic heterocycles. The van der Waals surface area contributed by atoms with Gasteiger partial charge in [-0.25, -0.2) is 4.99 Å². The van der Waals surface area contributed by atoms with Gasteiger partial charge in [-0.2, -0.15) is 0 Å². The van der Waals surface area contributed by atoms with E-state index < -0.39 is 0 Å². The van der Waals surface area contributed by atoms with E-state index in [0.717, 1.165) is 17.8 Å². The highest BCUT2D eigenvalue weighted by atomic mass is 127. The molecule has 0 atom stereocenters. The monoisotopic (exact) mass is 392 g/mol. The molecule has 0 heterocycles. The van der Waals surface area contributed by atoms with Crippen molar-refractivity contribution in [1.82, 2.24) is 5.32 Å². The number of aliphatic imine (C=N–C) groups is 1. The summed E-state index contributed by atoms with van der Waals surface area (Å²) in [6, 6.07) is 8.46. The molecule has 0 aliphatic carbocycles. The molecule has 0 radical (unpaired) electrons. The quantitative estimate of drug-likeness (QED) is 0.288. The minimum Gasteiger partial charge on any atom is -0.383 e. The Balaban J connectivity index is 0.00000361. The van der Waals surface area contributed by atoms with Crippen LogP contribution in [-0.4, -0.2) is 32.3 Å². The lowest BCUT2D eigenvalue weighted by atomic mass is 10.2. The number of nitrogens with two attached hydrogens (primary N) is 1. The van der Waals surface area contributed by atoms with Gasteiger partial charge in [-0.05, 0) is 31.5 Å². The van der Waals surface area contributed by atoms with Crippen LogP contribution in [0.1, 0.15) is 19.4 Å². The van der Waals surface area contributed by atoms with E-state index in [1.54, 1.807) is 7.11 Å². The summed E-state index contributed by atoms with van der Waals surface area (Å²) in [5.74, 6) is 0.484. The molecule has 1 aromatic rings. The molecule has 0 saturated carbocycles. The summed E-state index contributed by atoms with van der Waals surface area (Å²) >= 11 is 0. The first kappa shape index (κ1) is 19.0. The number of guanidine groups is 1. The maximum absolute atomic E-state index is 5.75. The fraction of sp³-hybridized carbons (Fsp3) is 0.500. The summed E-state index contributed by atoms with van der Waals surface area (Å²) < 4.78 is 4.98. The first-order valence-corrected chi connectivity index (χ1v) is 6.50. The third-order valence-corrected chi connectivity index (χ3v) is 2.46. The highest BCUT2D eigenvalue weighted by Crippen LogP contribution is 2.09. The molecule has 1 rings (SSSR count). The third-order valence-electron chi connectivity index (χ3n) is 2.46. The predicted octanol–water partition coefficient (Wildman–Crippen LogP) is 2.18. The zero-order valence-electron chi connectivity index (χ0n) is 12.3. The Kier molecular flexibility index (Phi) is 10.2. The van der Waals surface area contributed by atoms with E-state index in [9.17, 15) is 0 Å². The van der Waals surface area contributed by atoms with Crippen molar-refractivity contribution in [2.24, 2.45) is 10.7 Å². The van der Waals surface area contributed by atoms with Crippen molar-refractivity contribution in [2.75, 3.05) is 25.6 Å². The lowest BCUT2D eigenvalue weighted by molar-refractivity contribution is 0.211. The number of ether oxygens (including phenoxy) is 1. The highest BCUT2D eigenvalue weighted by molar-refractivity contribution is 14.0. The normalized spacial score (nSPS) is 11.1. The van der Waals surface area contributed by atoms with Gasteiger partial charge in [-0.3, -0.25) is 0 Å². The summed E-state index contributed by atoms with van der Waals surface area (Å²) in [6.45, 7) is 6.15. The van der Waals surface area contributed by atoms with E-state index in [2.05, 4.69) is 15.6 Å². The number of halogens is 1. The smallest absolute Gasteiger partial charge is 0.189 e. The van der Waals surface area contributed by atoms with E-state index in [1.807, 2.05) is 38.1 Å². The molecule has 20 heavy (non-hydrogen) atoms. The van der Waals surface area contributed by atoms with Crippen molar-refractivity contribution in [2.45, 2.75) is 26.4 Å². The Morgan fingerprint density at radius 3 is 2.50 bits per heavy atom. The molecule has 0 bridgehead atoms. The minimum absolute atomic E-state index is 0. The van der Waals surface area contributed by atoms with Crippen LogP contribution in [0.2, 0.25) is 0 Å². The second kappa shape index (κ2) is 10.7. The largest absolute Gasteiger partial charge is 0.383 e. The van der Waals surface area contributed by atoms with Crippen LogP contribution in [0, 0.1) is 0 Å². The molecule has 0 saturated heterocycles. The van der Waals surface area contributed by atoms with Gasteiger partial charge in [0.05, 0.1) is 13.2 Å². The van der Waals surface area contributed by atoms with Crippen molar-refractivity contribution in [3.63, 3.8) is 0 Å². The minimum atomic E-state index is 0. The van der Waals surface area contributed by atoms with E-state index in [4.69, 9.17) is 10.5 Å². The van der Waals surface area contributed by atoms with Gasteiger partial charge in [-0.15, -0.1) is 24.0 Å². The molecular weight excluding hydrogens is 367 g/mol. The Morgan fingerprint density at radius 1 is 1.30 bits per heavy atom. The molecule has 4 N–H and O–H groups in total. The number of rotatable bonds is 7. The fourth-order valence-corrected chi connectivity index (χ4v) is 1.54. The van der Waals surface area contributed by atoms with Gasteiger partial charge in [-0.1, -0.05) is 12.1 Å². The Hall–Kier alpha value is -1.02. The average Bonchev–Trinajstić information content (AvgIpc) is 2.37. The number of hydrogen-bond donors (Lipinski definition) is 3. The van der Waals surface area contributed by atoms with Crippen LogP contribution in [0.25, 0.3) is 0 Å². The van der Waals surface area contributed by atoms with Crippen LogP contribution in [0.4, 0.5) is 5.69 Å². The van der Waals surface area contributed by atoms with E-state index in [1.165, 1.54) is 0 Å². The maximum Gasteiger partial charge on any atom is 0.189 e. The van der Waals surface area contributed by atoms with Gasteiger partial charge in [0, 0.05) is 25.4 Å². The molecule has 5 nitrogen and oxygen atoms in total. The predicted molar refractivity (Wildman–Crippen MR) is 95.8 cm³/mol. The van der Waals surface area contributed by atoms with Crippen LogP contribution in [0.3, 0.4) is 0 Å². The Morgan fingerprint density at radius 2 is 1.95 bits per heavy atom. The first-order valence-electron chi connectivity index (χ1n) is 6.50. The standard InChI is InChI=1S/C14H24N4O.HI/c1-11(2)18-14(15)17-10-12-4-6-13(7-5-12)16-8-9-19-3;/h4-7,11,16H,8-10H2,1-3H3,(H3,15,17,18);1H. The summed E-state index contributed by atoms with van der Waals surface area (Å²) in [7, 11) is 1.69. The lowest BCUT2D eigenvalue weighted by Gasteiger charge is -2.09. The van der Waals surface area contributed by atoms with Crippen molar-refractivity contribution in [1.29, 1.82) is 0 Å². The van der Waals surface area contributed by atoms with Crippen molar-refractivity contribution in [3.05, 3.63) is 29.8 Å². The van der Waals surface area contributed by atoms with Crippen LogP contribution in [-0.2, 0) is 11.3 Å². The summed E-state index contributed by atoms with van der Waals surface area (Å²) in [5.41, 5.74) is 7.96. The topological polar surface area (TPSA) is 71.7 Å². The molecule has 0 unspecified atom stereocenters. The number of benzene rings is 1. The van der Waals surface area contributed by atoms with Gasteiger partial charge >= 0.3 is 0 Å². The molecular formula is C14H25IN4O.